The Kier molecular flexibility index (Phi) is 15.8. The highest BCUT2D eigenvalue weighted by Gasteiger charge is 2.45. The fourth-order valence-electron chi connectivity index (χ4n) is 11.6. The molecule has 4 atom stereocenters. The van der Waals surface area contributed by atoms with Gasteiger partial charge in [-0.3, -0.25) is 34.1 Å². The zero-order valence-electron chi connectivity index (χ0n) is 44.1. The molecule has 16 nitrogen and oxygen atoms in total. The summed E-state index contributed by atoms with van der Waals surface area (Å²) in [5.74, 6) is -2.52. The molecule has 6 heterocycles. The monoisotopic (exact) mass is 1000 g/mol. The van der Waals surface area contributed by atoms with Crippen molar-refractivity contribution in [2.45, 2.75) is 116 Å². The van der Waals surface area contributed by atoms with Gasteiger partial charge in [-0.05, 0) is 124 Å². The zero-order valence-corrected chi connectivity index (χ0v) is 44.1. The van der Waals surface area contributed by atoms with Crippen LogP contribution in [-0.2, 0) is 48.0 Å². The number of likely N-dealkylation sites (tertiary alicyclic amines) is 1. The van der Waals surface area contributed by atoms with Gasteiger partial charge in [-0.1, -0.05) is 46.4 Å². The van der Waals surface area contributed by atoms with Crippen LogP contribution in [0.1, 0.15) is 90.2 Å². The second-order valence-electron chi connectivity index (χ2n) is 21.7. The third-order valence-electron chi connectivity index (χ3n) is 15.7. The van der Waals surface area contributed by atoms with Gasteiger partial charge < -0.3 is 34.1 Å². The van der Waals surface area contributed by atoms with E-state index < -0.39 is 47.1 Å². The largest absolute Gasteiger partial charge is 0.464 e. The van der Waals surface area contributed by atoms with Crippen molar-refractivity contribution in [3.63, 3.8) is 0 Å². The number of urea groups is 1. The van der Waals surface area contributed by atoms with Crippen LogP contribution < -0.4 is 10.7 Å². The zero-order chi connectivity index (χ0) is 52.5. The molecule has 1 spiro atoms. The van der Waals surface area contributed by atoms with Gasteiger partial charge in [0.2, 0.25) is 11.8 Å². The van der Waals surface area contributed by atoms with Gasteiger partial charge in [0.1, 0.15) is 23.9 Å². The molecule has 0 aliphatic carbocycles. The highest BCUT2D eigenvalue weighted by atomic mass is 19.1. The molecule has 4 aliphatic heterocycles. The molecule has 1 unspecified atom stereocenters. The van der Waals surface area contributed by atoms with Crippen molar-refractivity contribution in [3.8, 4) is 22.4 Å². The van der Waals surface area contributed by atoms with Gasteiger partial charge in [0.05, 0.1) is 24.1 Å². The van der Waals surface area contributed by atoms with Crippen molar-refractivity contribution in [2.24, 2.45) is 11.3 Å². The number of aromatic nitrogens is 2. The van der Waals surface area contributed by atoms with E-state index in [0.717, 1.165) is 39.0 Å². The second kappa shape index (κ2) is 21.7. The van der Waals surface area contributed by atoms with E-state index in [1.165, 1.54) is 28.1 Å². The van der Waals surface area contributed by atoms with Gasteiger partial charge in [0.15, 0.2) is 0 Å². The maximum Gasteiger partial charge on any atom is 0.324 e. The lowest BCUT2D eigenvalue weighted by Crippen LogP contribution is -2.66. The number of amides is 5. The van der Waals surface area contributed by atoms with Crippen LogP contribution in [0.15, 0.2) is 67.4 Å². The Hall–Kier alpha value is -6.17. The topological polar surface area (TPSA) is 162 Å². The maximum atomic E-state index is 16.1. The first kappa shape index (κ1) is 53.1. The number of carbonyl (C=O) groups excluding carboxylic acids is 5. The fourth-order valence-corrected chi connectivity index (χ4v) is 11.6. The van der Waals surface area contributed by atoms with Gasteiger partial charge in [-0.25, -0.2) is 14.6 Å². The lowest BCUT2D eigenvalue weighted by Gasteiger charge is -2.53. The van der Waals surface area contributed by atoms with Crippen molar-refractivity contribution >= 4 is 40.6 Å². The summed E-state index contributed by atoms with van der Waals surface area (Å²) >= 11 is 0. The molecule has 17 heteroatoms. The molecule has 4 aliphatic rings. The van der Waals surface area contributed by atoms with Gasteiger partial charge in [-0.15, -0.1) is 0 Å². The van der Waals surface area contributed by atoms with E-state index in [1.54, 1.807) is 25.3 Å². The average Bonchev–Trinajstić information content (AvgIpc) is 3.68. The quantitative estimate of drug-likeness (QED) is 0.136. The Balaban J connectivity index is 1.13. The second-order valence-corrected chi connectivity index (χ2v) is 21.7. The number of likely N-dealkylation sites (N-methyl/N-ethyl adjacent to an activating group) is 2. The third-order valence-corrected chi connectivity index (χ3v) is 15.7. The predicted octanol–water partition coefficient (Wildman–Crippen LogP) is 6.76. The van der Waals surface area contributed by atoms with Crippen LogP contribution in [0.5, 0.6) is 0 Å². The lowest BCUT2D eigenvalue weighted by molar-refractivity contribution is -0.155. The first-order chi connectivity index (χ1) is 34.8. The number of piperidine rings is 1. The number of fused-ring (bicyclic) bond motifs is 6. The number of pyridine rings is 1. The summed E-state index contributed by atoms with van der Waals surface area (Å²) < 4.78 is 30.3. The molecule has 3 saturated heterocycles. The fraction of sp³-hybridized carbons (Fsp3) is 0.536. The number of nitrogens with one attached hydrogen (secondary N) is 2. The number of methoxy groups -OCH3 is 1. The normalized spacial score (nSPS) is 21.4. The molecule has 5 amide bonds. The smallest absolute Gasteiger partial charge is 0.324 e. The number of hydrazine groups is 1. The molecule has 4 aromatic rings. The number of esters is 1. The van der Waals surface area contributed by atoms with Crippen molar-refractivity contribution in [2.75, 3.05) is 67.1 Å². The summed E-state index contributed by atoms with van der Waals surface area (Å²) in [7, 11) is 5.33. The van der Waals surface area contributed by atoms with Crippen molar-refractivity contribution in [3.05, 3.63) is 90.0 Å². The molecule has 0 saturated carbocycles. The van der Waals surface area contributed by atoms with E-state index in [4.69, 9.17) is 14.5 Å². The van der Waals surface area contributed by atoms with Crippen molar-refractivity contribution in [1.82, 2.24) is 44.9 Å². The van der Waals surface area contributed by atoms with Crippen LogP contribution in [0.4, 0.5) is 9.18 Å². The maximum absolute atomic E-state index is 16.1. The van der Waals surface area contributed by atoms with E-state index in [9.17, 15) is 24.0 Å². The first-order valence-corrected chi connectivity index (χ1v) is 25.9. The number of hydrogen-bond acceptors (Lipinski definition) is 10. The molecule has 2 aromatic heterocycles. The number of ether oxygens (including phenoxy) is 2. The van der Waals surface area contributed by atoms with Crippen LogP contribution in [0, 0.1) is 17.2 Å². The average molecular weight is 1000 g/mol. The number of rotatable bonds is 9. The minimum atomic E-state index is -1.22. The number of cyclic esters (lactones) is 1. The van der Waals surface area contributed by atoms with Crippen molar-refractivity contribution in [1.29, 1.82) is 0 Å². The molecule has 3 fully saturated rings. The van der Waals surface area contributed by atoms with E-state index in [0.29, 0.717) is 82.5 Å². The first-order valence-electron chi connectivity index (χ1n) is 25.9. The lowest BCUT2D eigenvalue weighted by atomic mass is 9.83. The number of halogens is 1. The summed E-state index contributed by atoms with van der Waals surface area (Å²) in [6.45, 7) is 19.3. The van der Waals surface area contributed by atoms with E-state index >= 15 is 4.39 Å². The van der Waals surface area contributed by atoms with Crippen molar-refractivity contribution < 1.29 is 37.8 Å². The van der Waals surface area contributed by atoms with Crippen LogP contribution in [0.3, 0.4) is 0 Å². The van der Waals surface area contributed by atoms with Crippen LogP contribution in [0.2, 0.25) is 0 Å². The highest BCUT2D eigenvalue weighted by Crippen LogP contribution is 2.42. The van der Waals surface area contributed by atoms with Crippen LogP contribution >= 0.6 is 0 Å². The minimum absolute atomic E-state index is 0.0856. The number of nitrogens with zero attached hydrogens (tertiary/aromatic N) is 7. The molecule has 2 N–H and O–H groups in total. The number of carbonyl (C=O) groups is 5. The number of hydrogen-bond donors (Lipinski definition) is 2. The molecular weight excluding hydrogens is 930 g/mol. The van der Waals surface area contributed by atoms with Gasteiger partial charge >= 0.3 is 12.0 Å². The van der Waals surface area contributed by atoms with E-state index in [2.05, 4.69) is 72.8 Å². The highest BCUT2D eigenvalue weighted by molar-refractivity contribution is 5.96. The van der Waals surface area contributed by atoms with Gasteiger partial charge in [0.25, 0.3) is 5.91 Å². The van der Waals surface area contributed by atoms with Crippen LogP contribution in [-0.4, -0.2) is 155 Å². The number of aryl methyl sites for hydroxylation is 1. The Bertz CT molecular complexity index is 2750. The Morgan fingerprint density at radius 3 is 2.48 bits per heavy atom. The molecule has 0 radical (unpaired) electrons. The summed E-state index contributed by atoms with van der Waals surface area (Å²) in [5.41, 5.74) is 8.80. The summed E-state index contributed by atoms with van der Waals surface area (Å²) in [5, 5.41) is 5.34. The predicted molar refractivity (Wildman–Crippen MR) is 278 cm³/mol. The van der Waals surface area contributed by atoms with E-state index in [-0.39, 0.29) is 49.1 Å². The Morgan fingerprint density at radius 1 is 1.03 bits per heavy atom. The Morgan fingerprint density at radius 2 is 1.78 bits per heavy atom. The number of benzene rings is 2. The Labute approximate surface area is 429 Å². The summed E-state index contributed by atoms with van der Waals surface area (Å²) in [4.78, 5) is 82.7. The van der Waals surface area contributed by atoms with Gasteiger partial charge in [-0.2, -0.15) is 0 Å². The SMILES string of the molecule is C=CC(=O)N1CCN(C)C2(CCN(C(=O)N(C)[C@H](C(=O)NC3Cc4cc(F)cc(c4)-c4ccc5c(c4)c(c(-c4cccnc4[C@H](C)OC)n5CC)CC(C)(C)COC(=O)[C@@H]4CCCN(N4)C3=O)C(C)C)CC2)C1. The van der Waals surface area contributed by atoms with Gasteiger partial charge in [0, 0.05) is 100 Å². The van der Waals surface area contributed by atoms with Crippen LogP contribution in [0.25, 0.3) is 33.3 Å². The minimum Gasteiger partial charge on any atom is -0.464 e. The molecule has 73 heavy (non-hydrogen) atoms. The standard InChI is InChI=1S/C56H74FN9O7/c1-11-47(67)64-26-25-61(8)56(33-64)19-23-63(24-20-56)54(71)62(9)49(35(3)4)51(68)59-45-29-37-27-39(30-40(57)28-37)38-17-18-46-42(31-38)43(50(65(46)12-2)41-15-13-21-58-48(41)36(5)72-10)32-55(6,7)34-73-53(70)44-16-14-22-66(60-44)52(45)69/h11,13,15,17-18,21,27-28,30-31,35-36,44-45,49,60H,1,12,14,16,19-20,22-26,29,32-34H2,2-10H3,(H,59,68)/t36-,44-,45?,49-/m0/s1. The molecule has 8 rings (SSSR count). The summed E-state index contributed by atoms with van der Waals surface area (Å²) in [6, 6.07) is 11.5. The molecule has 2 aromatic carbocycles. The molecule has 392 valence electrons. The third kappa shape index (κ3) is 10.9. The summed E-state index contributed by atoms with van der Waals surface area (Å²) in [6.07, 6.45) is 5.44. The number of piperazine rings is 1. The molecule has 6 bridgehead atoms. The molecular formula is C56H74FN9O7. The van der Waals surface area contributed by atoms with E-state index in [1.807, 2.05) is 43.9 Å².